The normalized spacial score (nSPS) is 14.4. The maximum Gasteiger partial charge on any atom is 0.459 e. The van der Waals surface area contributed by atoms with Crippen molar-refractivity contribution < 1.29 is 27.9 Å². The number of pyridine rings is 1. The lowest BCUT2D eigenvalue weighted by atomic mass is 10.1. The number of para-hydroxylation sites is 1. The van der Waals surface area contributed by atoms with Gasteiger partial charge in [-0.05, 0) is 63.1 Å². The quantitative estimate of drug-likeness (QED) is 0.0798. The van der Waals surface area contributed by atoms with Crippen molar-refractivity contribution in [1.29, 1.82) is 0 Å². The van der Waals surface area contributed by atoms with Crippen LogP contribution in [-0.4, -0.2) is 45.9 Å². The molecule has 3 N–H and O–H groups in total. The van der Waals surface area contributed by atoms with Crippen LogP contribution in [0, 0.1) is 0 Å². The maximum absolute atomic E-state index is 14.6. The van der Waals surface area contributed by atoms with Crippen LogP contribution in [0.4, 0.5) is 5.82 Å². The smallest absolute Gasteiger partial charge is 0.459 e. The molecule has 47 heavy (non-hydrogen) atoms. The van der Waals surface area contributed by atoms with Gasteiger partial charge in [-0.3, -0.25) is 9.32 Å². The topological polar surface area (TPSA) is 140 Å². The Morgan fingerprint density at radius 2 is 1.74 bits per heavy atom. The van der Waals surface area contributed by atoms with E-state index in [4.69, 9.17) is 29.2 Å². The van der Waals surface area contributed by atoms with Crippen molar-refractivity contribution >= 4 is 52.2 Å². The highest BCUT2D eigenvalue weighted by Gasteiger charge is 2.34. The second kappa shape index (κ2) is 15.3. The molecule has 0 fully saturated rings. The minimum absolute atomic E-state index is 0.0229. The Morgan fingerprint density at radius 3 is 2.49 bits per heavy atom. The van der Waals surface area contributed by atoms with E-state index in [0.29, 0.717) is 35.9 Å². The number of fused-ring (bicyclic) bond motifs is 4. The van der Waals surface area contributed by atoms with Crippen LogP contribution >= 0.6 is 7.75 Å². The maximum atomic E-state index is 14.6. The number of carbonyl (C=O) groups excluding carboxylic acids is 1. The van der Waals surface area contributed by atoms with E-state index in [1.807, 2.05) is 61.5 Å². The number of hydrogen-bond donors (Lipinski definition) is 2. The number of rotatable bonds is 16. The second-order valence-electron chi connectivity index (χ2n) is 11.8. The predicted molar refractivity (Wildman–Crippen MR) is 185 cm³/mol. The van der Waals surface area contributed by atoms with Crippen molar-refractivity contribution in [2.75, 3.05) is 18.9 Å². The standard InChI is InChI=1S/C35H44N5O6P/c1-6-8-15-27(40-31(22-43-7-2)38-32-33(40)29-16-11-12-17-30(29)37-34(32)36)21-44-47(42,39-24(5)35(41)45-23(3)4)46-28-19-18-25-13-9-10-14-26(25)20-28/h9-14,16-20,23-24,27H,6-8,15,21-22H2,1-5H3,(H2,36,37)(H,39,42)/t24-,27-,47+/m0/s1. The average molecular weight is 662 g/mol. The highest BCUT2D eigenvalue weighted by molar-refractivity contribution is 7.52. The van der Waals surface area contributed by atoms with E-state index >= 15 is 0 Å². The summed E-state index contributed by atoms with van der Waals surface area (Å²) in [7, 11) is -4.17. The number of imidazole rings is 1. The number of aromatic nitrogens is 3. The number of nitrogens with one attached hydrogen (secondary N) is 1. The number of esters is 1. The number of nitrogen functional groups attached to an aromatic ring is 1. The van der Waals surface area contributed by atoms with E-state index in [0.717, 1.165) is 40.0 Å². The molecule has 11 nitrogen and oxygen atoms in total. The summed E-state index contributed by atoms with van der Waals surface area (Å²) in [5.41, 5.74) is 8.55. The summed E-state index contributed by atoms with van der Waals surface area (Å²) >= 11 is 0. The molecule has 0 unspecified atom stereocenters. The molecular weight excluding hydrogens is 617 g/mol. The Morgan fingerprint density at radius 1 is 1.00 bits per heavy atom. The van der Waals surface area contributed by atoms with Crippen molar-refractivity contribution in [3.05, 3.63) is 72.6 Å². The fourth-order valence-corrected chi connectivity index (χ4v) is 7.06. The number of carbonyl (C=O) groups is 1. The monoisotopic (exact) mass is 661 g/mol. The molecule has 12 heteroatoms. The molecule has 0 amide bonds. The van der Waals surface area contributed by atoms with Gasteiger partial charge < -0.3 is 24.3 Å². The number of hydrogen-bond acceptors (Lipinski definition) is 9. The Hall–Kier alpha value is -4.02. The van der Waals surface area contributed by atoms with Gasteiger partial charge in [0.2, 0.25) is 0 Å². The van der Waals surface area contributed by atoms with Crippen molar-refractivity contribution in [3.63, 3.8) is 0 Å². The first-order chi connectivity index (χ1) is 22.6. The molecule has 5 aromatic rings. The van der Waals surface area contributed by atoms with Gasteiger partial charge in [-0.2, -0.15) is 5.09 Å². The van der Waals surface area contributed by atoms with Gasteiger partial charge in [0.1, 0.15) is 29.7 Å². The average Bonchev–Trinajstić information content (AvgIpc) is 3.43. The zero-order chi connectivity index (χ0) is 33.6. The molecule has 250 valence electrons. The van der Waals surface area contributed by atoms with Crippen LogP contribution in [0.25, 0.3) is 32.7 Å². The molecule has 0 spiro atoms. The van der Waals surface area contributed by atoms with Gasteiger partial charge in [-0.15, -0.1) is 0 Å². The van der Waals surface area contributed by atoms with Crippen LogP contribution < -0.4 is 15.3 Å². The first kappa shape index (κ1) is 34.3. The van der Waals surface area contributed by atoms with Crippen LogP contribution in [0.1, 0.15) is 65.7 Å². The number of nitrogens with zero attached hydrogens (tertiary/aromatic N) is 3. The van der Waals surface area contributed by atoms with Crippen molar-refractivity contribution in [2.45, 2.75) is 78.7 Å². The summed E-state index contributed by atoms with van der Waals surface area (Å²) in [6.45, 7) is 9.83. The van der Waals surface area contributed by atoms with Gasteiger partial charge in [0.25, 0.3) is 0 Å². The first-order valence-electron chi connectivity index (χ1n) is 16.2. The molecule has 0 aliphatic rings. The Bertz CT molecular complexity index is 1890. The fourth-order valence-electron chi connectivity index (χ4n) is 5.55. The van der Waals surface area contributed by atoms with E-state index in [9.17, 15) is 9.36 Å². The van der Waals surface area contributed by atoms with Crippen LogP contribution in [0.2, 0.25) is 0 Å². The second-order valence-corrected chi connectivity index (χ2v) is 13.5. The molecule has 0 saturated heterocycles. The van der Waals surface area contributed by atoms with Crippen molar-refractivity contribution in [1.82, 2.24) is 19.6 Å². The summed E-state index contributed by atoms with van der Waals surface area (Å²) in [5.74, 6) is 0.741. The molecule has 0 bridgehead atoms. The highest BCUT2D eigenvalue weighted by atomic mass is 31.2. The van der Waals surface area contributed by atoms with E-state index in [-0.39, 0.29) is 25.4 Å². The summed E-state index contributed by atoms with van der Waals surface area (Å²) in [5, 5.41) is 5.63. The highest BCUT2D eigenvalue weighted by Crippen LogP contribution is 2.47. The molecule has 0 saturated carbocycles. The molecular formula is C35H44N5O6P. The molecule has 0 aliphatic heterocycles. The zero-order valence-electron chi connectivity index (χ0n) is 27.6. The molecule has 5 rings (SSSR count). The minimum atomic E-state index is -4.17. The van der Waals surface area contributed by atoms with Gasteiger partial charge in [-0.25, -0.2) is 14.5 Å². The fraction of sp³-hybridized carbons (Fsp3) is 0.400. The largest absolute Gasteiger partial charge is 0.462 e. The number of unbranched alkanes of at least 4 members (excludes halogenated alkanes) is 1. The van der Waals surface area contributed by atoms with Crippen LogP contribution in [0.5, 0.6) is 5.75 Å². The van der Waals surface area contributed by atoms with Crippen molar-refractivity contribution in [2.24, 2.45) is 0 Å². The summed E-state index contributed by atoms with van der Waals surface area (Å²) in [6, 6.07) is 19.7. The van der Waals surface area contributed by atoms with Crippen LogP contribution in [0.3, 0.4) is 0 Å². The lowest BCUT2D eigenvalue weighted by molar-refractivity contribution is -0.149. The van der Waals surface area contributed by atoms with Gasteiger partial charge >= 0.3 is 13.7 Å². The zero-order valence-corrected chi connectivity index (χ0v) is 28.5. The van der Waals surface area contributed by atoms with E-state index in [2.05, 4.69) is 21.6 Å². The predicted octanol–water partition coefficient (Wildman–Crippen LogP) is 7.72. The summed E-state index contributed by atoms with van der Waals surface area (Å²) < 4.78 is 40.3. The first-order valence-corrected chi connectivity index (χ1v) is 17.7. The number of ether oxygens (including phenoxy) is 2. The van der Waals surface area contributed by atoms with Crippen molar-refractivity contribution in [3.8, 4) is 5.75 Å². The number of nitrogens with two attached hydrogens (primary N) is 1. The Balaban J connectivity index is 1.55. The third-order valence-corrected chi connectivity index (χ3v) is 9.40. The van der Waals surface area contributed by atoms with E-state index < -0.39 is 19.8 Å². The van der Waals surface area contributed by atoms with E-state index in [1.165, 1.54) is 0 Å². The van der Waals surface area contributed by atoms with E-state index in [1.54, 1.807) is 32.9 Å². The Labute approximate surface area is 275 Å². The third kappa shape index (κ3) is 8.11. The molecule has 0 radical (unpaired) electrons. The molecule has 3 aromatic carbocycles. The minimum Gasteiger partial charge on any atom is -0.462 e. The molecule has 0 aliphatic carbocycles. The van der Waals surface area contributed by atoms with Gasteiger partial charge in [-0.1, -0.05) is 68.3 Å². The molecule has 2 aromatic heterocycles. The Kier molecular flexibility index (Phi) is 11.1. The lowest BCUT2D eigenvalue weighted by Gasteiger charge is -2.27. The summed E-state index contributed by atoms with van der Waals surface area (Å²) in [4.78, 5) is 22.3. The number of benzene rings is 3. The van der Waals surface area contributed by atoms with Crippen LogP contribution in [0.15, 0.2) is 66.7 Å². The third-order valence-electron chi connectivity index (χ3n) is 7.76. The summed E-state index contributed by atoms with van der Waals surface area (Å²) in [6.07, 6.45) is 2.12. The van der Waals surface area contributed by atoms with Gasteiger partial charge in [0.05, 0.1) is 29.8 Å². The molecule has 3 atom stereocenters. The SMILES string of the molecule is CCCC[C@@H](CO[P@](=O)(N[C@@H](C)C(=O)OC(C)C)Oc1ccc2ccccc2c1)n1c(COCC)nc2c(N)nc3ccccc3c21. The molecule has 2 heterocycles. The van der Waals surface area contributed by atoms with Crippen LogP contribution in [-0.2, 0) is 30.0 Å². The number of anilines is 1. The lowest BCUT2D eigenvalue weighted by Crippen LogP contribution is -2.36. The van der Waals surface area contributed by atoms with Gasteiger partial charge in [0.15, 0.2) is 5.82 Å². The van der Waals surface area contributed by atoms with Gasteiger partial charge in [0, 0.05) is 12.0 Å².